The number of benzene rings is 1. The van der Waals surface area contributed by atoms with Crippen LogP contribution in [0.4, 0.5) is 15.9 Å². The molecular formula is C21H22ClFN6S. The summed E-state index contributed by atoms with van der Waals surface area (Å²) in [5.74, 6) is 0.0562. The molecule has 1 fully saturated rings. The number of piperazine rings is 1. The second-order valence-corrected chi connectivity index (χ2v) is 8.29. The van der Waals surface area contributed by atoms with Crippen LogP contribution in [0.1, 0.15) is 13.8 Å². The van der Waals surface area contributed by atoms with Crippen LogP contribution in [0.2, 0.25) is 5.28 Å². The highest BCUT2D eigenvalue weighted by molar-refractivity contribution is 7.80. The minimum Gasteiger partial charge on any atom is -0.350 e. The molecule has 1 atom stereocenters. The molecular weight excluding hydrogens is 423 g/mol. The first-order valence-electron chi connectivity index (χ1n) is 9.78. The molecule has 156 valence electrons. The zero-order chi connectivity index (χ0) is 21.3. The van der Waals surface area contributed by atoms with E-state index in [0.29, 0.717) is 30.7 Å². The molecule has 1 aliphatic rings. The van der Waals surface area contributed by atoms with Crippen molar-refractivity contribution in [1.29, 1.82) is 0 Å². The van der Waals surface area contributed by atoms with Gasteiger partial charge in [-0.2, -0.15) is 4.98 Å². The minimum absolute atomic E-state index is 0.0386. The Hall–Kier alpha value is -2.58. The molecule has 0 saturated carbocycles. The Labute approximate surface area is 185 Å². The van der Waals surface area contributed by atoms with Crippen molar-refractivity contribution in [2.75, 3.05) is 29.9 Å². The summed E-state index contributed by atoms with van der Waals surface area (Å²) in [6, 6.07) is 9.94. The molecule has 0 amide bonds. The summed E-state index contributed by atoms with van der Waals surface area (Å²) in [5, 5.41) is 5.09. The summed E-state index contributed by atoms with van der Waals surface area (Å²) in [4.78, 5) is 16.3. The molecule has 2 aromatic heterocycles. The molecule has 0 bridgehead atoms. The van der Waals surface area contributed by atoms with E-state index >= 15 is 0 Å². The summed E-state index contributed by atoms with van der Waals surface area (Å²) in [6.07, 6.45) is 2.89. The number of anilines is 2. The lowest BCUT2D eigenvalue weighted by atomic mass is 10.00. The van der Waals surface area contributed by atoms with Crippen molar-refractivity contribution in [2.45, 2.75) is 19.9 Å². The molecule has 1 aromatic carbocycles. The predicted octanol–water partition coefficient (Wildman–Crippen LogP) is 4.36. The molecule has 1 unspecified atom stereocenters. The second kappa shape index (κ2) is 8.65. The van der Waals surface area contributed by atoms with Crippen molar-refractivity contribution in [2.24, 2.45) is 5.92 Å². The van der Waals surface area contributed by atoms with Crippen LogP contribution in [-0.4, -0.2) is 50.6 Å². The number of pyridine rings is 1. The number of aromatic nitrogens is 3. The monoisotopic (exact) mass is 444 g/mol. The number of fused-ring (bicyclic) bond motifs is 1. The highest BCUT2D eigenvalue weighted by Crippen LogP contribution is 2.26. The standard InChI is InChI=1S/C21H22ClFN6S/c1-13(2)18-12-28(19-15(23)11-25-20(22)27-19)9-10-29(18)21(30)26-17-7-3-6-16-14(17)5-4-8-24-16/h3-8,11,13,18H,9-10,12H2,1-2H3,(H,26,30). The van der Waals surface area contributed by atoms with E-state index in [2.05, 4.69) is 39.0 Å². The van der Waals surface area contributed by atoms with E-state index < -0.39 is 5.82 Å². The van der Waals surface area contributed by atoms with Gasteiger partial charge in [-0.3, -0.25) is 4.98 Å². The van der Waals surface area contributed by atoms with E-state index in [-0.39, 0.29) is 17.1 Å². The number of hydrogen-bond donors (Lipinski definition) is 1. The number of rotatable bonds is 3. The molecule has 0 spiro atoms. The lowest BCUT2D eigenvalue weighted by molar-refractivity contribution is 0.226. The molecule has 9 heteroatoms. The zero-order valence-corrected chi connectivity index (χ0v) is 18.3. The SMILES string of the molecule is CC(C)C1CN(c2nc(Cl)ncc2F)CCN1C(=S)Nc1cccc2ncccc12. The topological polar surface area (TPSA) is 57.2 Å². The second-order valence-electron chi connectivity index (χ2n) is 7.57. The molecule has 30 heavy (non-hydrogen) atoms. The third kappa shape index (κ3) is 4.15. The number of nitrogens with zero attached hydrogens (tertiary/aromatic N) is 5. The first-order valence-corrected chi connectivity index (χ1v) is 10.6. The molecule has 4 rings (SSSR count). The molecule has 1 saturated heterocycles. The Morgan fingerprint density at radius 1 is 1.23 bits per heavy atom. The van der Waals surface area contributed by atoms with Crippen molar-refractivity contribution >= 4 is 51.3 Å². The van der Waals surface area contributed by atoms with Gasteiger partial charge in [0.1, 0.15) is 0 Å². The fourth-order valence-corrected chi connectivity index (χ4v) is 4.25. The Bertz CT molecular complexity index is 1070. The fourth-order valence-electron chi connectivity index (χ4n) is 3.78. The van der Waals surface area contributed by atoms with Gasteiger partial charge in [-0.05, 0) is 54.0 Å². The quantitative estimate of drug-likeness (QED) is 0.475. The molecule has 3 aromatic rings. The van der Waals surface area contributed by atoms with E-state index in [1.807, 2.05) is 35.2 Å². The van der Waals surface area contributed by atoms with Crippen LogP contribution in [0.3, 0.4) is 0 Å². The van der Waals surface area contributed by atoms with Crippen molar-refractivity contribution < 1.29 is 4.39 Å². The smallest absolute Gasteiger partial charge is 0.224 e. The average molecular weight is 445 g/mol. The minimum atomic E-state index is -0.473. The summed E-state index contributed by atoms with van der Waals surface area (Å²) < 4.78 is 14.3. The summed E-state index contributed by atoms with van der Waals surface area (Å²) in [7, 11) is 0. The maximum absolute atomic E-state index is 14.3. The zero-order valence-electron chi connectivity index (χ0n) is 16.7. The van der Waals surface area contributed by atoms with Gasteiger partial charge in [-0.25, -0.2) is 9.37 Å². The van der Waals surface area contributed by atoms with Gasteiger partial charge >= 0.3 is 0 Å². The summed E-state index contributed by atoms with van der Waals surface area (Å²) in [6.45, 7) is 6.07. The van der Waals surface area contributed by atoms with Gasteiger partial charge < -0.3 is 15.1 Å². The maximum atomic E-state index is 14.3. The number of nitrogens with one attached hydrogen (secondary N) is 1. The number of halogens is 2. The van der Waals surface area contributed by atoms with Gasteiger partial charge in [-0.15, -0.1) is 0 Å². The van der Waals surface area contributed by atoms with Crippen LogP contribution in [0.5, 0.6) is 0 Å². The normalized spacial score (nSPS) is 16.9. The Kier molecular flexibility index (Phi) is 5.97. The van der Waals surface area contributed by atoms with Gasteiger partial charge in [0.25, 0.3) is 0 Å². The van der Waals surface area contributed by atoms with Crippen molar-refractivity contribution in [3.8, 4) is 0 Å². The molecule has 0 radical (unpaired) electrons. The Morgan fingerprint density at radius 3 is 2.87 bits per heavy atom. The van der Waals surface area contributed by atoms with Gasteiger partial charge in [0, 0.05) is 36.9 Å². The Balaban J connectivity index is 1.55. The number of thiocarbonyl (C=S) groups is 1. The van der Waals surface area contributed by atoms with Crippen molar-refractivity contribution in [1.82, 2.24) is 19.9 Å². The van der Waals surface area contributed by atoms with E-state index in [9.17, 15) is 4.39 Å². The van der Waals surface area contributed by atoms with Crippen molar-refractivity contribution in [3.05, 3.63) is 53.8 Å². The maximum Gasteiger partial charge on any atom is 0.224 e. The largest absolute Gasteiger partial charge is 0.350 e. The van der Waals surface area contributed by atoms with Crippen LogP contribution in [-0.2, 0) is 0 Å². The first kappa shape index (κ1) is 20.7. The molecule has 0 aliphatic carbocycles. The van der Waals surface area contributed by atoms with E-state index in [4.69, 9.17) is 23.8 Å². The summed E-state index contributed by atoms with van der Waals surface area (Å²) >= 11 is 11.7. The third-order valence-electron chi connectivity index (χ3n) is 5.33. The van der Waals surface area contributed by atoms with E-state index in [1.54, 1.807) is 6.20 Å². The fraction of sp³-hybridized carbons (Fsp3) is 0.333. The van der Waals surface area contributed by atoms with Crippen LogP contribution in [0.15, 0.2) is 42.7 Å². The third-order valence-corrected chi connectivity index (χ3v) is 5.85. The van der Waals surface area contributed by atoms with Crippen molar-refractivity contribution in [3.63, 3.8) is 0 Å². The molecule has 3 heterocycles. The van der Waals surface area contributed by atoms with Gasteiger partial charge in [0.05, 0.1) is 17.8 Å². The van der Waals surface area contributed by atoms with Crippen LogP contribution < -0.4 is 10.2 Å². The lowest BCUT2D eigenvalue weighted by Gasteiger charge is -2.45. The van der Waals surface area contributed by atoms with Gasteiger partial charge in [-0.1, -0.05) is 19.9 Å². The van der Waals surface area contributed by atoms with Crippen LogP contribution >= 0.6 is 23.8 Å². The molecule has 6 nitrogen and oxygen atoms in total. The van der Waals surface area contributed by atoms with E-state index in [0.717, 1.165) is 22.8 Å². The predicted molar refractivity (Wildman–Crippen MR) is 123 cm³/mol. The Morgan fingerprint density at radius 2 is 2.07 bits per heavy atom. The summed E-state index contributed by atoms with van der Waals surface area (Å²) in [5.41, 5.74) is 1.83. The lowest BCUT2D eigenvalue weighted by Crippen LogP contribution is -2.58. The van der Waals surface area contributed by atoms with Crippen LogP contribution in [0, 0.1) is 11.7 Å². The highest BCUT2D eigenvalue weighted by Gasteiger charge is 2.32. The highest BCUT2D eigenvalue weighted by atomic mass is 35.5. The molecule has 1 aliphatic heterocycles. The average Bonchev–Trinajstić information content (AvgIpc) is 2.75. The van der Waals surface area contributed by atoms with Gasteiger partial charge in [0.15, 0.2) is 16.7 Å². The van der Waals surface area contributed by atoms with E-state index in [1.165, 1.54) is 0 Å². The number of hydrogen-bond acceptors (Lipinski definition) is 5. The first-order chi connectivity index (χ1) is 14.4. The van der Waals surface area contributed by atoms with Gasteiger partial charge in [0.2, 0.25) is 5.28 Å². The molecule has 1 N–H and O–H groups in total. The van der Waals surface area contributed by atoms with Crippen LogP contribution in [0.25, 0.3) is 10.9 Å².